The lowest BCUT2D eigenvalue weighted by molar-refractivity contribution is 0.0697. The van der Waals surface area contributed by atoms with E-state index in [2.05, 4.69) is 0 Å². The van der Waals surface area contributed by atoms with Gasteiger partial charge in [-0.1, -0.05) is 0 Å². The number of nitrogens with zero attached hydrogens (tertiary/aromatic N) is 1. The fourth-order valence-corrected chi connectivity index (χ4v) is 1.90. The van der Waals surface area contributed by atoms with Gasteiger partial charge in [0.25, 0.3) is 0 Å². The fourth-order valence-electron chi connectivity index (χ4n) is 1.90. The molecule has 0 aliphatic carbocycles. The van der Waals surface area contributed by atoms with Crippen LogP contribution >= 0.6 is 0 Å². The lowest BCUT2D eigenvalue weighted by Gasteiger charge is -2.08. The number of carbonyl (C=O) groups is 2. The van der Waals surface area contributed by atoms with E-state index in [1.807, 2.05) is 6.07 Å². The molecule has 0 saturated carbocycles. The molecule has 0 unspecified atom stereocenters. The van der Waals surface area contributed by atoms with Crippen molar-refractivity contribution >= 4 is 12.3 Å². The summed E-state index contributed by atoms with van der Waals surface area (Å²) in [6, 6.07) is 7.76. The molecule has 0 amide bonds. The predicted molar refractivity (Wildman–Crippen MR) is 65.9 cm³/mol. The minimum Gasteiger partial charge on any atom is -0.478 e. The van der Waals surface area contributed by atoms with Crippen LogP contribution in [0.15, 0.2) is 28.7 Å². The molecule has 5 heteroatoms. The maximum absolute atomic E-state index is 11.3. The Hall–Kier alpha value is -2.87. The summed E-state index contributed by atoms with van der Waals surface area (Å²) in [6.07, 6.45) is 0.545. The molecule has 0 aliphatic heterocycles. The van der Waals surface area contributed by atoms with Crippen molar-refractivity contribution in [2.45, 2.75) is 6.92 Å². The first-order valence-corrected chi connectivity index (χ1v) is 5.40. The van der Waals surface area contributed by atoms with Gasteiger partial charge in [-0.05, 0) is 36.8 Å². The van der Waals surface area contributed by atoms with Gasteiger partial charge in [-0.2, -0.15) is 5.26 Å². The van der Waals surface area contributed by atoms with Crippen molar-refractivity contribution in [2.24, 2.45) is 0 Å². The maximum atomic E-state index is 11.3. The molecule has 94 valence electrons. The van der Waals surface area contributed by atoms with E-state index in [0.717, 1.165) is 0 Å². The molecule has 1 aromatic carbocycles. The van der Waals surface area contributed by atoms with Crippen molar-refractivity contribution in [1.82, 2.24) is 0 Å². The van der Waals surface area contributed by atoms with E-state index in [1.165, 1.54) is 18.2 Å². The summed E-state index contributed by atoms with van der Waals surface area (Å²) < 4.78 is 5.25. The Morgan fingerprint density at radius 1 is 1.42 bits per heavy atom. The van der Waals surface area contributed by atoms with Gasteiger partial charge in [0, 0.05) is 5.56 Å². The van der Waals surface area contributed by atoms with Gasteiger partial charge in [0.1, 0.15) is 5.76 Å². The smallest absolute Gasteiger partial charge is 0.336 e. The van der Waals surface area contributed by atoms with Crippen molar-refractivity contribution < 1.29 is 19.1 Å². The van der Waals surface area contributed by atoms with Crippen LogP contribution in [0.5, 0.6) is 0 Å². The zero-order valence-corrected chi connectivity index (χ0v) is 10.0. The standard InChI is InChI=1S/C14H9NO4/c1-8-4-9(6-15)5-11(14(17)18)13(8)12-3-2-10(7-16)19-12/h2-5,7H,1H3,(H,17,18). The minimum absolute atomic E-state index is 0.0247. The number of carbonyl (C=O) groups excluding carboxylic acids is 1. The maximum Gasteiger partial charge on any atom is 0.336 e. The van der Waals surface area contributed by atoms with Crippen LogP contribution in [0.1, 0.15) is 32.0 Å². The Bertz CT molecular complexity index is 707. The van der Waals surface area contributed by atoms with Gasteiger partial charge < -0.3 is 9.52 Å². The van der Waals surface area contributed by atoms with Crippen LogP contribution in [0.2, 0.25) is 0 Å². The molecule has 5 nitrogen and oxygen atoms in total. The molecule has 0 atom stereocenters. The topological polar surface area (TPSA) is 91.3 Å². The zero-order valence-electron chi connectivity index (χ0n) is 10.0. The van der Waals surface area contributed by atoms with Gasteiger partial charge in [-0.25, -0.2) is 4.79 Å². The normalized spacial score (nSPS) is 9.89. The molecule has 0 spiro atoms. The largest absolute Gasteiger partial charge is 0.478 e. The zero-order chi connectivity index (χ0) is 14.0. The highest BCUT2D eigenvalue weighted by atomic mass is 16.4. The lowest BCUT2D eigenvalue weighted by Crippen LogP contribution is -2.02. The van der Waals surface area contributed by atoms with Crippen LogP contribution in [-0.2, 0) is 0 Å². The highest BCUT2D eigenvalue weighted by Gasteiger charge is 2.18. The number of hydrogen-bond acceptors (Lipinski definition) is 4. The molecule has 19 heavy (non-hydrogen) atoms. The van der Waals surface area contributed by atoms with Gasteiger partial charge in [0.15, 0.2) is 12.0 Å². The van der Waals surface area contributed by atoms with E-state index >= 15 is 0 Å². The third kappa shape index (κ3) is 2.24. The summed E-state index contributed by atoms with van der Waals surface area (Å²) in [5.74, 6) is -0.740. The molecule has 0 radical (unpaired) electrons. The molecular weight excluding hydrogens is 246 g/mol. The summed E-state index contributed by atoms with van der Waals surface area (Å²) in [5.41, 5.74) is 1.21. The number of aryl methyl sites for hydroxylation is 1. The molecule has 0 aliphatic rings. The summed E-state index contributed by atoms with van der Waals surface area (Å²) in [4.78, 5) is 21.9. The van der Waals surface area contributed by atoms with Gasteiger partial charge in [0.2, 0.25) is 0 Å². The minimum atomic E-state index is -1.15. The Morgan fingerprint density at radius 2 is 2.16 bits per heavy atom. The van der Waals surface area contributed by atoms with Crippen molar-refractivity contribution in [2.75, 3.05) is 0 Å². The van der Waals surface area contributed by atoms with Crippen molar-refractivity contribution in [3.63, 3.8) is 0 Å². The lowest BCUT2D eigenvalue weighted by atomic mass is 9.97. The van der Waals surface area contributed by atoms with Crippen LogP contribution in [0.3, 0.4) is 0 Å². The summed E-state index contributed by atoms with van der Waals surface area (Å²) in [6.45, 7) is 1.69. The second-order valence-corrected chi connectivity index (χ2v) is 3.95. The fraction of sp³-hybridized carbons (Fsp3) is 0.0714. The molecule has 1 heterocycles. The predicted octanol–water partition coefficient (Wildman–Crippen LogP) is 2.64. The first-order chi connectivity index (χ1) is 9.06. The highest BCUT2D eigenvalue weighted by molar-refractivity contribution is 5.97. The molecule has 0 fully saturated rings. The van der Waals surface area contributed by atoms with E-state index in [0.29, 0.717) is 23.2 Å². The van der Waals surface area contributed by atoms with Gasteiger partial charge in [0.05, 0.1) is 17.2 Å². The molecule has 0 saturated heterocycles. The Kier molecular flexibility index (Phi) is 3.17. The first kappa shape index (κ1) is 12.6. The van der Waals surface area contributed by atoms with E-state index in [-0.39, 0.29) is 16.9 Å². The number of carboxylic acid groups (broad SMARTS) is 1. The molecular formula is C14H9NO4. The van der Waals surface area contributed by atoms with Crippen LogP contribution in [0, 0.1) is 18.3 Å². The van der Waals surface area contributed by atoms with Crippen LogP contribution in [-0.4, -0.2) is 17.4 Å². The number of hydrogen-bond donors (Lipinski definition) is 1. The number of carboxylic acids is 1. The summed E-state index contributed by atoms with van der Waals surface area (Å²) in [7, 11) is 0. The highest BCUT2D eigenvalue weighted by Crippen LogP contribution is 2.30. The number of aromatic carboxylic acids is 1. The Balaban J connectivity index is 2.71. The Morgan fingerprint density at radius 3 is 2.68 bits per heavy atom. The summed E-state index contributed by atoms with van der Waals surface area (Å²) >= 11 is 0. The third-order valence-electron chi connectivity index (χ3n) is 2.68. The quantitative estimate of drug-likeness (QED) is 0.851. The van der Waals surface area contributed by atoms with Crippen molar-refractivity contribution in [1.29, 1.82) is 5.26 Å². The molecule has 0 bridgehead atoms. The van der Waals surface area contributed by atoms with Crippen LogP contribution in [0.4, 0.5) is 0 Å². The number of nitriles is 1. The summed E-state index contributed by atoms with van der Waals surface area (Å²) in [5, 5.41) is 18.1. The SMILES string of the molecule is Cc1cc(C#N)cc(C(=O)O)c1-c1ccc(C=O)o1. The van der Waals surface area contributed by atoms with E-state index < -0.39 is 5.97 Å². The van der Waals surface area contributed by atoms with Gasteiger partial charge >= 0.3 is 5.97 Å². The molecule has 1 aromatic heterocycles. The van der Waals surface area contributed by atoms with E-state index in [1.54, 1.807) is 13.0 Å². The average Bonchev–Trinajstić information content (AvgIpc) is 2.85. The number of furan rings is 1. The molecule has 1 N–H and O–H groups in total. The molecule has 2 aromatic rings. The monoisotopic (exact) mass is 255 g/mol. The first-order valence-electron chi connectivity index (χ1n) is 5.40. The van der Waals surface area contributed by atoms with Crippen molar-refractivity contribution in [3.05, 3.63) is 46.7 Å². The average molecular weight is 255 g/mol. The number of benzene rings is 1. The third-order valence-corrected chi connectivity index (χ3v) is 2.68. The van der Waals surface area contributed by atoms with E-state index in [4.69, 9.17) is 9.68 Å². The molecule has 2 rings (SSSR count). The van der Waals surface area contributed by atoms with E-state index in [9.17, 15) is 14.7 Å². The number of rotatable bonds is 3. The van der Waals surface area contributed by atoms with Gasteiger partial charge in [-0.3, -0.25) is 4.79 Å². The second kappa shape index (κ2) is 4.78. The van der Waals surface area contributed by atoms with Crippen LogP contribution in [0.25, 0.3) is 11.3 Å². The van der Waals surface area contributed by atoms with Crippen LogP contribution < -0.4 is 0 Å². The Labute approximate surface area is 108 Å². The second-order valence-electron chi connectivity index (χ2n) is 3.95. The van der Waals surface area contributed by atoms with Crippen molar-refractivity contribution in [3.8, 4) is 17.4 Å². The number of aldehydes is 1. The van der Waals surface area contributed by atoms with Gasteiger partial charge in [-0.15, -0.1) is 0 Å².